The number of nitrogens with zero attached hydrogens (tertiary/aromatic N) is 1. The number of benzene rings is 3. The van der Waals surface area contributed by atoms with Crippen molar-refractivity contribution >= 4 is 34.8 Å². The van der Waals surface area contributed by atoms with Crippen LogP contribution in [-0.4, -0.2) is 34.7 Å². The van der Waals surface area contributed by atoms with Crippen molar-refractivity contribution in [3.05, 3.63) is 129 Å². The smallest absolute Gasteiger partial charge is 0.191 e. The minimum Gasteiger partial charge on any atom is -0.395 e. The van der Waals surface area contributed by atoms with Gasteiger partial charge in [0.1, 0.15) is 0 Å². The molecule has 166 valence electrons. The van der Waals surface area contributed by atoms with Gasteiger partial charge in [-0.15, -0.1) is 0 Å². The lowest BCUT2D eigenvalue weighted by Gasteiger charge is -2.31. The molecule has 0 aliphatic carbocycles. The molecule has 1 N–H and O–H groups in total. The molecule has 0 bridgehead atoms. The Kier molecular flexibility index (Phi) is 7.09. The van der Waals surface area contributed by atoms with Crippen molar-refractivity contribution in [2.75, 3.05) is 13.2 Å². The van der Waals surface area contributed by atoms with E-state index in [0.29, 0.717) is 37.9 Å². The second kappa shape index (κ2) is 10.2. The molecular formula is C27H21Cl2NO3. The first-order chi connectivity index (χ1) is 16.0. The van der Waals surface area contributed by atoms with Gasteiger partial charge in [-0.2, -0.15) is 0 Å². The highest BCUT2D eigenvalue weighted by molar-refractivity contribution is 6.42. The van der Waals surface area contributed by atoms with E-state index < -0.39 is 5.92 Å². The summed E-state index contributed by atoms with van der Waals surface area (Å²) in [7, 11) is 0. The van der Waals surface area contributed by atoms with E-state index in [1.165, 1.54) is 0 Å². The van der Waals surface area contributed by atoms with Gasteiger partial charge < -0.3 is 10.0 Å². The van der Waals surface area contributed by atoms with E-state index in [0.717, 1.165) is 0 Å². The molecule has 0 fully saturated rings. The molecule has 33 heavy (non-hydrogen) atoms. The number of rotatable bonds is 7. The van der Waals surface area contributed by atoms with Crippen LogP contribution in [0.4, 0.5) is 0 Å². The molecule has 3 aromatic carbocycles. The van der Waals surface area contributed by atoms with Crippen LogP contribution in [0.1, 0.15) is 32.2 Å². The second-order valence-electron chi connectivity index (χ2n) is 7.60. The molecule has 0 aromatic heterocycles. The first kappa shape index (κ1) is 23.0. The highest BCUT2D eigenvalue weighted by Crippen LogP contribution is 2.43. The molecular weight excluding hydrogens is 457 g/mol. The molecule has 1 heterocycles. The topological polar surface area (TPSA) is 57.6 Å². The molecule has 3 aromatic rings. The van der Waals surface area contributed by atoms with Crippen LogP contribution in [0.2, 0.25) is 10.0 Å². The highest BCUT2D eigenvalue weighted by atomic mass is 35.5. The zero-order valence-corrected chi connectivity index (χ0v) is 19.1. The first-order valence-corrected chi connectivity index (χ1v) is 11.2. The predicted octanol–water partition coefficient (Wildman–Crippen LogP) is 5.92. The molecule has 0 atom stereocenters. The SMILES string of the molecule is O=C(C1=CN(CCO)C=C(C(=O)c2ccccc2)C1c1cccc(Cl)c1Cl)c1ccccc1. The Labute approximate surface area is 202 Å². The number of hydrogen-bond acceptors (Lipinski definition) is 4. The van der Waals surface area contributed by atoms with Crippen molar-refractivity contribution in [2.45, 2.75) is 5.92 Å². The third-order valence-corrected chi connectivity index (χ3v) is 6.31. The molecule has 4 rings (SSSR count). The molecule has 0 saturated carbocycles. The zero-order valence-electron chi connectivity index (χ0n) is 17.6. The summed E-state index contributed by atoms with van der Waals surface area (Å²) in [6, 6.07) is 22.9. The third kappa shape index (κ3) is 4.79. The number of allylic oxidation sites excluding steroid dienone is 2. The van der Waals surface area contributed by atoms with E-state index in [-0.39, 0.29) is 24.7 Å². The van der Waals surface area contributed by atoms with Crippen LogP contribution in [0, 0.1) is 0 Å². The van der Waals surface area contributed by atoms with Crippen LogP contribution in [0.3, 0.4) is 0 Å². The van der Waals surface area contributed by atoms with Gasteiger partial charge in [-0.1, -0.05) is 96.0 Å². The van der Waals surface area contributed by atoms with Gasteiger partial charge in [0.2, 0.25) is 0 Å². The number of Topliss-reactive ketones (excluding diaryl/α,β-unsaturated/α-hetero) is 2. The van der Waals surface area contributed by atoms with Gasteiger partial charge >= 0.3 is 0 Å². The predicted molar refractivity (Wildman–Crippen MR) is 131 cm³/mol. The second-order valence-corrected chi connectivity index (χ2v) is 8.38. The Morgan fingerprint density at radius 2 is 1.27 bits per heavy atom. The van der Waals surface area contributed by atoms with Crippen LogP contribution in [0.5, 0.6) is 0 Å². The fraction of sp³-hybridized carbons (Fsp3) is 0.111. The van der Waals surface area contributed by atoms with Crippen LogP contribution in [0.25, 0.3) is 0 Å². The number of carbonyl (C=O) groups is 2. The van der Waals surface area contributed by atoms with Gasteiger partial charge in [-0.05, 0) is 11.6 Å². The van der Waals surface area contributed by atoms with E-state index in [2.05, 4.69) is 0 Å². The van der Waals surface area contributed by atoms with Crippen LogP contribution in [-0.2, 0) is 0 Å². The summed E-state index contributed by atoms with van der Waals surface area (Å²) in [5, 5.41) is 10.2. The van der Waals surface area contributed by atoms with E-state index in [4.69, 9.17) is 23.2 Å². The summed E-state index contributed by atoms with van der Waals surface area (Å²) in [6.07, 6.45) is 3.35. The molecule has 0 spiro atoms. The average molecular weight is 478 g/mol. The fourth-order valence-corrected chi connectivity index (χ4v) is 4.34. The highest BCUT2D eigenvalue weighted by Gasteiger charge is 2.36. The monoisotopic (exact) mass is 477 g/mol. The number of aliphatic hydroxyl groups excluding tert-OH is 1. The van der Waals surface area contributed by atoms with E-state index >= 15 is 0 Å². The van der Waals surface area contributed by atoms with Gasteiger partial charge in [0, 0.05) is 47.1 Å². The third-order valence-electron chi connectivity index (χ3n) is 5.48. The van der Waals surface area contributed by atoms with Gasteiger partial charge in [0.05, 0.1) is 16.7 Å². The maximum absolute atomic E-state index is 13.7. The minimum atomic E-state index is -0.730. The lowest BCUT2D eigenvalue weighted by Crippen LogP contribution is -2.29. The average Bonchev–Trinajstić information content (AvgIpc) is 2.86. The molecule has 1 aliphatic heterocycles. The Morgan fingerprint density at radius 1 is 0.758 bits per heavy atom. The Hall–Kier alpha value is -3.18. The van der Waals surface area contributed by atoms with Gasteiger partial charge in [-0.25, -0.2) is 0 Å². The van der Waals surface area contributed by atoms with Crippen molar-refractivity contribution in [1.29, 1.82) is 0 Å². The molecule has 0 amide bonds. The van der Waals surface area contributed by atoms with Gasteiger partial charge in [0.15, 0.2) is 11.6 Å². The van der Waals surface area contributed by atoms with E-state index in [1.807, 2.05) is 12.1 Å². The maximum atomic E-state index is 13.7. The van der Waals surface area contributed by atoms with Gasteiger partial charge in [-0.3, -0.25) is 9.59 Å². The molecule has 0 saturated heterocycles. The Morgan fingerprint density at radius 3 is 1.76 bits per heavy atom. The normalized spacial score (nSPS) is 14.0. The number of halogens is 2. The summed E-state index contributed by atoms with van der Waals surface area (Å²) in [4.78, 5) is 29.0. The van der Waals surface area contributed by atoms with Crippen LogP contribution >= 0.6 is 23.2 Å². The van der Waals surface area contributed by atoms with Crippen molar-refractivity contribution in [3.63, 3.8) is 0 Å². The molecule has 0 unspecified atom stereocenters. The Bertz CT molecular complexity index is 1170. The quantitative estimate of drug-likeness (QED) is 0.429. The van der Waals surface area contributed by atoms with Gasteiger partial charge in [0.25, 0.3) is 0 Å². The molecule has 4 nitrogen and oxygen atoms in total. The van der Waals surface area contributed by atoms with Crippen LogP contribution in [0.15, 0.2) is 102 Å². The number of aliphatic hydroxyl groups is 1. The summed E-state index contributed by atoms with van der Waals surface area (Å²) in [5.41, 5.74) is 2.30. The summed E-state index contributed by atoms with van der Waals surface area (Å²) >= 11 is 12.9. The van der Waals surface area contributed by atoms with Crippen molar-refractivity contribution in [1.82, 2.24) is 4.90 Å². The van der Waals surface area contributed by atoms with E-state index in [9.17, 15) is 14.7 Å². The number of carbonyl (C=O) groups excluding carboxylic acids is 2. The zero-order chi connectivity index (χ0) is 23.4. The minimum absolute atomic E-state index is 0.144. The summed E-state index contributed by atoms with van der Waals surface area (Å²) < 4.78 is 0. The van der Waals surface area contributed by atoms with Crippen LogP contribution < -0.4 is 0 Å². The van der Waals surface area contributed by atoms with Crippen molar-refractivity contribution < 1.29 is 14.7 Å². The van der Waals surface area contributed by atoms with Crippen molar-refractivity contribution in [3.8, 4) is 0 Å². The standard InChI is InChI=1S/C27H21Cl2NO3/c28-23-13-7-12-20(25(23)29)24-21(26(32)18-8-3-1-4-9-18)16-30(14-15-31)17-22(24)27(33)19-10-5-2-6-11-19/h1-13,16-17,24,31H,14-15H2. The first-order valence-electron chi connectivity index (χ1n) is 10.4. The summed E-state index contributed by atoms with van der Waals surface area (Å²) in [5.74, 6) is -1.19. The van der Waals surface area contributed by atoms with Crippen molar-refractivity contribution in [2.24, 2.45) is 0 Å². The fourth-order valence-electron chi connectivity index (χ4n) is 3.93. The number of ketones is 2. The molecule has 6 heteroatoms. The molecule has 1 aliphatic rings. The number of β-amino-alcohol motifs (C(OH)–C–C–N with tert-alkyl or cyclic N) is 1. The Balaban J connectivity index is 1.91. The lowest BCUT2D eigenvalue weighted by atomic mass is 9.77. The summed E-state index contributed by atoms with van der Waals surface area (Å²) in [6.45, 7) is 0.0857. The maximum Gasteiger partial charge on any atom is 0.191 e. The lowest BCUT2D eigenvalue weighted by molar-refractivity contribution is 0.101. The largest absolute Gasteiger partial charge is 0.395 e. The molecule has 0 radical (unpaired) electrons. The number of hydrogen-bond donors (Lipinski definition) is 1. The van der Waals surface area contributed by atoms with E-state index in [1.54, 1.807) is 84.0 Å².